The summed E-state index contributed by atoms with van der Waals surface area (Å²) in [5, 5.41) is 15.2. The fourth-order valence-corrected chi connectivity index (χ4v) is 5.76. The van der Waals surface area contributed by atoms with Crippen molar-refractivity contribution >= 4 is 22.8 Å². The van der Waals surface area contributed by atoms with Gasteiger partial charge in [-0.2, -0.15) is 10.4 Å². The molecule has 0 bridgehead atoms. The highest BCUT2D eigenvalue weighted by Crippen LogP contribution is 2.37. The molecule has 11 nitrogen and oxygen atoms in total. The van der Waals surface area contributed by atoms with Gasteiger partial charge in [-0.25, -0.2) is 19.0 Å². The monoisotopic (exact) mass is 596 g/mol. The predicted molar refractivity (Wildman–Crippen MR) is 162 cm³/mol. The molecule has 2 aromatic heterocycles. The lowest BCUT2D eigenvalue weighted by Gasteiger charge is -2.40. The molecular weight excluding hydrogens is 563 g/mol. The summed E-state index contributed by atoms with van der Waals surface area (Å²) in [5.74, 6) is 0.336. The quantitative estimate of drug-likeness (QED) is 0.224. The lowest BCUT2D eigenvalue weighted by Crippen LogP contribution is -2.46. The molecule has 4 heterocycles. The van der Waals surface area contributed by atoms with Crippen molar-refractivity contribution in [3.8, 4) is 28.8 Å². The topological polar surface area (TPSA) is 158 Å². The standard InChI is InChI=1S/C32H33FN8O3/c1-32(18-35,21-16-43-17-21)13-20(14-34)31(42)40-11-5-6-22(15-40)41-30-27(29(36)37-19-38-30)28(39-41)25-10-9-24(12-26(25)33)44-23-7-3-2-4-8-23/h2-4,7-10,12-13,19,21-22H,5-6,11,15-18,35H2,1H3,(H2,36,37,38)/t22?,32-/m0/s1. The van der Waals surface area contributed by atoms with Crippen LogP contribution in [0.1, 0.15) is 25.8 Å². The van der Waals surface area contributed by atoms with Crippen LogP contribution >= 0.6 is 0 Å². The van der Waals surface area contributed by atoms with Crippen LogP contribution in [0.4, 0.5) is 10.2 Å². The highest BCUT2D eigenvalue weighted by atomic mass is 19.1. The fraction of sp³-hybridized carbons (Fsp3) is 0.344. The smallest absolute Gasteiger partial charge is 0.264 e. The van der Waals surface area contributed by atoms with Crippen LogP contribution in [-0.4, -0.2) is 63.4 Å². The molecule has 2 aliphatic heterocycles. The van der Waals surface area contributed by atoms with Crippen molar-refractivity contribution < 1.29 is 18.7 Å². The molecule has 2 atom stereocenters. The Morgan fingerprint density at radius 3 is 2.70 bits per heavy atom. The number of nitrogen functional groups attached to an aromatic ring is 1. The van der Waals surface area contributed by atoms with Gasteiger partial charge in [-0.1, -0.05) is 31.2 Å². The number of benzene rings is 2. The van der Waals surface area contributed by atoms with Crippen molar-refractivity contribution in [2.75, 3.05) is 38.6 Å². The summed E-state index contributed by atoms with van der Waals surface area (Å²) < 4.78 is 28.4. The molecule has 0 aliphatic carbocycles. The summed E-state index contributed by atoms with van der Waals surface area (Å²) in [6.07, 6.45) is 4.42. The zero-order chi connectivity index (χ0) is 30.8. The molecule has 6 rings (SSSR count). The number of nitriles is 1. The second-order valence-corrected chi connectivity index (χ2v) is 11.5. The zero-order valence-corrected chi connectivity index (χ0v) is 24.3. The first-order chi connectivity index (χ1) is 21.3. The summed E-state index contributed by atoms with van der Waals surface area (Å²) in [5.41, 5.74) is 12.8. The molecule has 2 aromatic carbocycles. The van der Waals surface area contributed by atoms with Crippen molar-refractivity contribution in [2.45, 2.75) is 25.8 Å². The van der Waals surface area contributed by atoms with Crippen LogP contribution in [0, 0.1) is 28.5 Å². The maximum atomic E-state index is 15.6. The van der Waals surface area contributed by atoms with E-state index in [1.165, 1.54) is 12.4 Å². The summed E-state index contributed by atoms with van der Waals surface area (Å²) in [7, 11) is 0. The van der Waals surface area contributed by atoms with E-state index in [2.05, 4.69) is 16.0 Å². The number of halogens is 1. The average molecular weight is 597 g/mol. The van der Waals surface area contributed by atoms with Crippen LogP contribution in [0.25, 0.3) is 22.3 Å². The first-order valence-electron chi connectivity index (χ1n) is 14.5. The number of piperidine rings is 1. The average Bonchev–Trinajstić information content (AvgIpc) is 3.40. The number of amides is 1. The van der Waals surface area contributed by atoms with Crippen molar-refractivity contribution in [3.05, 3.63) is 72.3 Å². The third-order valence-electron chi connectivity index (χ3n) is 8.56. The zero-order valence-electron chi connectivity index (χ0n) is 24.3. The molecule has 2 aliphatic rings. The number of nitrogens with zero attached hydrogens (tertiary/aromatic N) is 6. The van der Waals surface area contributed by atoms with Gasteiger partial charge in [0.2, 0.25) is 0 Å². The number of hydrogen-bond acceptors (Lipinski definition) is 9. The fourth-order valence-electron chi connectivity index (χ4n) is 5.76. The van der Waals surface area contributed by atoms with Crippen molar-refractivity contribution in [2.24, 2.45) is 17.1 Å². The van der Waals surface area contributed by atoms with Crippen LogP contribution in [0.2, 0.25) is 0 Å². The normalized spacial score (nSPS) is 18.8. The predicted octanol–water partition coefficient (Wildman–Crippen LogP) is 4.23. The van der Waals surface area contributed by atoms with Gasteiger partial charge in [0.05, 0.1) is 24.6 Å². The lowest BCUT2D eigenvalue weighted by molar-refractivity contribution is -0.128. The van der Waals surface area contributed by atoms with Crippen LogP contribution in [0.3, 0.4) is 0 Å². The highest BCUT2D eigenvalue weighted by Gasteiger charge is 2.38. The second kappa shape index (κ2) is 12.0. The van der Waals surface area contributed by atoms with Gasteiger partial charge in [0.15, 0.2) is 5.65 Å². The van der Waals surface area contributed by atoms with Gasteiger partial charge in [-0.05, 0) is 37.1 Å². The SMILES string of the molecule is C[C@](C=C(C#N)C(=O)N1CCCC(n2nc(-c3ccc(Oc4ccccc4)cc3F)c3c(N)ncnc32)C1)(CN)C1COC1. The Hall–Kier alpha value is -4.86. The molecule has 1 amide bonds. The molecule has 226 valence electrons. The van der Waals surface area contributed by atoms with Gasteiger partial charge < -0.3 is 25.8 Å². The van der Waals surface area contributed by atoms with Gasteiger partial charge in [0, 0.05) is 42.6 Å². The molecule has 0 spiro atoms. The maximum absolute atomic E-state index is 15.6. The number of ether oxygens (including phenoxy) is 2. The van der Waals surface area contributed by atoms with E-state index in [0.29, 0.717) is 67.4 Å². The van der Waals surface area contributed by atoms with Gasteiger partial charge in [-0.3, -0.25) is 4.79 Å². The van der Waals surface area contributed by atoms with E-state index in [1.54, 1.807) is 39.9 Å². The van der Waals surface area contributed by atoms with E-state index in [9.17, 15) is 10.1 Å². The summed E-state index contributed by atoms with van der Waals surface area (Å²) in [4.78, 5) is 23.9. The third kappa shape index (κ3) is 5.47. The van der Waals surface area contributed by atoms with Crippen molar-refractivity contribution in [1.29, 1.82) is 5.26 Å². The number of carbonyl (C=O) groups excluding carboxylic acids is 1. The minimum atomic E-state index is -0.544. The third-order valence-corrected chi connectivity index (χ3v) is 8.56. The first-order valence-corrected chi connectivity index (χ1v) is 14.5. The van der Waals surface area contributed by atoms with E-state index in [-0.39, 0.29) is 41.4 Å². The molecule has 1 unspecified atom stereocenters. The van der Waals surface area contributed by atoms with Gasteiger partial charge in [0.25, 0.3) is 5.91 Å². The second-order valence-electron chi connectivity index (χ2n) is 11.5. The Kier molecular flexibility index (Phi) is 7.99. The van der Waals surface area contributed by atoms with E-state index in [1.807, 2.05) is 25.1 Å². The molecule has 4 N–H and O–H groups in total. The largest absolute Gasteiger partial charge is 0.457 e. The number of hydrogen-bond donors (Lipinski definition) is 2. The Balaban J connectivity index is 1.30. The van der Waals surface area contributed by atoms with E-state index < -0.39 is 11.2 Å². The molecule has 0 radical (unpaired) electrons. The maximum Gasteiger partial charge on any atom is 0.264 e. The molecule has 2 saturated heterocycles. The molecule has 44 heavy (non-hydrogen) atoms. The Bertz CT molecular complexity index is 1760. The highest BCUT2D eigenvalue weighted by molar-refractivity contribution is 5.99. The number of carbonyl (C=O) groups is 1. The van der Waals surface area contributed by atoms with Gasteiger partial charge in [-0.15, -0.1) is 0 Å². The van der Waals surface area contributed by atoms with Gasteiger partial charge >= 0.3 is 0 Å². The lowest BCUT2D eigenvalue weighted by atomic mass is 9.74. The molecular formula is C32H33FN8O3. The minimum absolute atomic E-state index is 0.0583. The van der Waals surface area contributed by atoms with Crippen molar-refractivity contribution in [1.82, 2.24) is 24.6 Å². The number of aromatic nitrogens is 4. The van der Waals surface area contributed by atoms with E-state index >= 15 is 4.39 Å². The van der Waals surface area contributed by atoms with Crippen LogP contribution < -0.4 is 16.2 Å². The molecule has 2 fully saturated rings. The number of rotatable bonds is 8. The van der Waals surface area contributed by atoms with E-state index in [4.69, 9.17) is 26.0 Å². The van der Waals surface area contributed by atoms with Crippen molar-refractivity contribution in [3.63, 3.8) is 0 Å². The summed E-state index contributed by atoms with van der Waals surface area (Å²) in [6.45, 7) is 4.11. The van der Waals surface area contributed by atoms with Crippen LogP contribution in [-0.2, 0) is 9.53 Å². The Morgan fingerprint density at radius 2 is 2.02 bits per heavy atom. The number of likely N-dealkylation sites (tertiary alicyclic amines) is 1. The Morgan fingerprint density at radius 1 is 1.23 bits per heavy atom. The summed E-state index contributed by atoms with van der Waals surface area (Å²) >= 11 is 0. The first kappa shape index (κ1) is 29.2. The van der Waals surface area contributed by atoms with E-state index in [0.717, 1.165) is 0 Å². The van der Waals surface area contributed by atoms with Crippen LogP contribution in [0.5, 0.6) is 11.5 Å². The Labute approximate surface area is 253 Å². The number of anilines is 1. The molecule has 0 saturated carbocycles. The van der Waals surface area contributed by atoms with Gasteiger partial charge in [0.1, 0.15) is 46.8 Å². The van der Waals surface area contributed by atoms with Crippen LogP contribution in [0.15, 0.2) is 66.5 Å². The minimum Gasteiger partial charge on any atom is -0.457 e. The summed E-state index contributed by atoms with van der Waals surface area (Å²) in [6, 6.07) is 15.5. The molecule has 4 aromatic rings. The number of nitrogens with two attached hydrogens (primary N) is 2. The molecule has 12 heteroatoms. The number of fused-ring (bicyclic) bond motifs is 1. The number of para-hydroxylation sites is 1.